The van der Waals surface area contributed by atoms with Crippen LogP contribution in [0.5, 0.6) is 0 Å². The van der Waals surface area contributed by atoms with Crippen molar-refractivity contribution in [1.29, 1.82) is 0 Å². The van der Waals surface area contributed by atoms with Crippen LogP contribution in [0.3, 0.4) is 0 Å². The zero-order chi connectivity index (χ0) is 22.7. The minimum Gasteiger partial charge on any atom is -0.395 e. The monoisotopic (exact) mass is 505 g/mol. The van der Waals surface area contributed by atoms with Crippen LogP contribution < -0.4 is 10.2 Å². The van der Waals surface area contributed by atoms with E-state index in [1.165, 1.54) is 21.2 Å². The summed E-state index contributed by atoms with van der Waals surface area (Å²) >= 11 is 7.59. The first-order valence-electron chi connectivity index (χ1n) is 11.9. The summed E-state index contributed by atoms with van der Waals surface area (Å²) in [6.45, 7) is 8.87. The normalized spacial score (nSPS) is 18.5. The summed E-state index contributed by atoms with van der Waals surface area (Å²) in [5.74, 6) is 0.655. The van der Waals surface area contributed by atoms with Crippen LogP contribution in [0.15, 0.2) is 52.3 Å². The van der Waals surface area contributed by atoms with E-state index in [-0.39, 0.29) is 31.2 Å². The minimum atomic E-state index is 0. The summed E-state index contributed by atoms with van der Waals surface area (Å²) < 4.78 is 0. The Bertz CT molecular complexity index is 955. The third-order valence-electron chi connectivity index (χ3n) is 6.51. The Morgan fingerprint density at radius 2 is 1.94 bits per heavy atom. The Kier molecular flexibility index (Phi) is 9.48. The van der Waals surface area contributed by atoms with Gasteiger partial charge in [-0.05, 0) is 55.9 Å². The van der Waals surface area contributed by atoms with E-state index in [2.05, 4.69) is 78.4 Å². The number of aliphatic hydroxyl groups excluding tert-OH is 1. The van der Waals surface area contributed by atoms with Crippen LogP contribution in [0.4, 0.5) is 11.4 Å². The van der Waals surface area contributed by atoms with Crippen LogP contribution in [0.2, 0.25) is 0 Å². The highest BCUT2D eigenvalue weighted by atomic mass is 35.5. The third kappa shape index (κ3) is 5.68. The van der Waals surface area contributed by atoms with E-state index in [0.717, 1.165) is 49.3 Å². The highest BCUT2D eigenvalue weighted by Crippen LogP contribution is 2.50. The lowest BCUT2D eigenvalue weighted by atomic mass is 10.1. The molecule has 0 amide bonds. The molecular formula is C26H36ClN3OS2. The van der Waals surface area contributed by atoms with E-state index >= 15 is 0 Å². The summed E-state index contributed by atoms with van der Waals surface area (Å²) in [6, 6.07) is 15.5. The Morgan fingerprint density at radius 3 is 2.67 bits per heavy atom. The molecule has 2 aliphatic heterocycles. The topological polar surface area (TPSA) is 38.7 Å². The molecule has 0 bridgehead atoms. The third-order valence-corrected chi connectivity index (χ3v) is 8.02. The van der Waals surface area contributed by atoms with Crippen molar-refractivity contribution in [2.45, 2.75) is 68.5 Å². The van der Waals surface area contributed by atoms with E-state index in [0.29, 0.717) is 5.92 Å². The average Bonchev–Trinajstić information content (AvgIpc) is 3.27. The molecule has 0 aromatic heterocycles. The SMILES string of the molecule is CCC(N1c2ccccc2Sc2ccc(C(=S)NCCC(C)C)cc21)N1CCCC1CO.Cl. The fourth-order valence-electron chi connectivity index (χ4n) is 4.83. The molecule has 4 nitrogen and oxygen atoms in total. The molecule has 2 aliphatic rings. The smallest absolute Gasteiger partial charge is 0.106 e. The van der Waals surface area contributed by atoms with Gasteiger partial charge in [0.05, 0.1) is 24.1 Å². The van der Waals surface area contributed by atoms with Crippen molar-refractivity contribution in [2.75, 3.05) is 24.6 Å². The second-order valence-corrected chi connectivity index (χ2v) is 10.7. The van der Waals surface area contributed by atoms with Crippen molar-refractivity contribution < 1.29 is 5.11 Å². The predicted molar refractivity (Wildman–Crippen MR) is 146 cm³/mol. The van der Waals surface area contributed by atoms with Crippen molar-refractivity contribution >= 4 is 52.8 Å². The maximum Gasteiger partial charge on any atom is 0.106 e. The molecule has 0 saturated carbocycles. The van der Waals surface area contributed by atoms with Gasteiger partial charge in [-0.1, -0.05) is 63.0 Å². The van der Waals surface area contributed by atoms with Gasteiger partial charge in [0.2, 0.25) is 0 Å². The van der Waals surface area contributed by atoms with Gasteiger partial charge in [-0.25, -0.2) is 0 Å². The Morgan fingerprint density at radius 1 is 1.18 bits per heavy atom. The molecule has 2 unspecified atom stereocenters. The van der Waals surface area contributed by atoms with E-state index < -0.39 is 0 Å². The zero-order valence-electron chi connectivity index (χ0n) is 19.8. The summed E-state index contributed by atoms with van der Waals surface area (Å²) in [4.78, 5) is 8.36. The molecule has 33 heavy (non-hydrogen) atoms. The van der Waals surface area contributed by atoms with Crippen molar-refractivity contribution in [2.24, 2.45) is 5.92 Å². The molecule has 180 valence electrons. The van der Waals surface area contributed by atoms with Crippen LogP contribution in [-0.2, 0) is 0 Å². The fourth-order valence-corrected chi connectivity index (χ4v) is 6.11. The number of hydrogen-bond acceptors (Lipinski definition) is 5. The van der Waals surface area contributed by atoms with E-state index in [9.17, 15) is 5.11 Å². The number of hydrogen-bond donors (Lipinski definition) is 2. The van der Waals surface area contributed by atoms with Gasteiger partial charge in [0, 0.05) is 34.5 Å². The first kappa shape index (κ1) is 26.3. The standard InChI is InChI=1S/C26H35N3OS2.ClH/c1-4-25(28-15-7-8-20(28)17-30)29-21-9-5-6-10-23(21)32-24-12-11-19(16-22(24)29)26(31)27-14-13-18(2)3;/h5-6,9-12,16,18,20,25,30H,4,7-8,13-15,17H2,1-3H3,(H,27,31);1H. The average molecular weight is 506 g/mol. The molecule has 0 aliphatic carbocycles. The molecule has 2 N–H and O–H groups in total. The quantitative estimate of drug-likeness (QED) is 0.415. The molecule has 4 rings (SSSR count). The number of anilines is 2. The van der Waals surface area contributed by atoms with Crippen molar-refractivity contribution in [3.63, 3.8) is 0 Å². The number of nitrogens with zero attached hydrogens (tertiary/aromatic N) is 2. The molecule has 2 aromatic carbocycles. The maximum absolute atomic E-state index is 10.0. The lowest BCUT2D eigenvalue weighted by Crippen LogP contribution is -2.50. The van der Waals surface area contributed by atoms with E-state index in [4.69, 9.17) is 12.2 Å². The number of halogens is 1. The number of fused-ring (bicyclic) bond motifs is 2. The Hall–Kier alpha value is -1.31. The van der Waals surface area contributed by atoms with Crippen LogP contribution in [0.1, 0.15) is 52.0 Å². The van der Waals surface area contributed by atoms with Gasteiger partial charge in [0.15, 0.2) is 0 Å². The first-order chi connectivity index (χ1) is 15.5. The molecule has 2 heterocycles. The Labute approximate surface area is 214 Å². The second kappa shape index (κ2) is 11.9. The molecule has 1 saturated heterocycles. The summed E-state index contributed by atoms with van der Waals surface area (Å²) in [6.07, 6.45) is 4.50. The number of likely N-dealkylation sites (tertiary alicyclic amines) is 1. The number of aliphatic hydroxyl groups is 1. The summed E-state index contributed by atoms with van der Waals surface area (Å²) in [7, 11) is 0. The first-order valence-corrected chi connectivity index (χ1v) is 13.1. The van der Waals surface area contributed by atoms with Crippen molar-refractivity contribution in [3.05, 3.63) is 48.0 Å². The minimum absolute atomic E-state index is 0. The zero-order valence-corrected chi connectivity index (χ0v) is 22.2. The van der Waals surface area contributed by atoms with Crippen molar-refractivity contribution in [3.8, 4) is 0 Å². The molecular weight excluding hydrogens is 470 g/mol. The van der Waals surface area contributed by atoms with Gasteiger partial charge in [-0.3, -0.25) is 4.90 Å². The van der Waals surface area contributed by atoms with Crippen molar-refractivity contribution in [1.82, 2.24) is 10.2 Å². The van der Waals surface area contributed by atoms with E-state index in [1.807, 2.05) is 11.8 Å². The van der Waals surface area contributed by atoms with Gasteiger partial charge in [-0.15, -0.1) is 12.4 Å². The molecule has 2 atom stereocenters. The van der Waals surface area contributed by atoms with Crippen LogP contribution in [-0.4, -0.2) is 46.9 Å². The summed E-state index contributed by atoms with van der Waals surface area (Å²) in [5, 5.41) is 13.5. The highest BCUT2D eigenvalue weighted by molar-refractivity contribution is 7.99. The van der Waals surface area contributed by atoms with Crippen LogP contribution >= 0.6 is 36.4 Å². The summed E-state index contributed by atoms with van der Waals surface area (Å²) in [5.41, 5.74) is 3.54. The Balaban J connectivity index is 0.00000306. The van der Waals surface area contributed by atoms with Gasteiger partial charge in [-0.2, -0.15) is 0 Å². The fraction of sp³-hybridized carbons (Fsp3) is 0.500. The lowest BCUT2D eigenvalue weighted by molar-refractivity contribution is 0.118. The van der Waals surface area contributed by atoms with Gasteiger partial charge >= 0.3 is 0 Å². The number of benzene rings is 2. The molecule has 0 radical (unpaired) electrons. The van der Waals surface area contributed by atoms with Gasteiger partial charge in [0.1, 0.15) is 4.99 Å². The molecule has 0 spiro atoms. The van der Waals surface area contributed by atoms with Crippen LogP contribution in [0, 0.1) is 5.92 Å². The lowest BCUT2D eigenvalue weighted by Gasteiger charge is -2.44. The number of thiocarbonyl (C=S) groups is 1. The largest absolute Gasteiger partial charge is 0.395 e. The number of para-hydroxylation sites is 1. The second-order valence-electron chi connectivity index (χ2n) is 9.17. The van der Waals surface area contributed by atoms with E-state index in [1.54, 1.807) is 0 Å². The maximum atomic E-state index is 10.0. The van der Waals surface area contributed by atoms with Gasteiger partial charge in [0.25, 0.3) is 0 Å². The molecule has 1 fully saturated rings. The van der Waals surface area contributed by atoms with Crippen LogP contribution in [0.25, 0.3) is 0 Å². The highest BCUT2D eigenvalue weighted by Gasteiger charge is 2.36. The number of rotatable bonds is 8. The molecule has 2 aromatic rings. The molecule has 7 heteroatoms. The number of nitrogens with one attached hydrogen (secondary N) is 1. The predicted octanol–water partition coefficient (Wildman–Crippen LogP) is 6.22. The van der Waals surface area contributed by atoms with Gasteiger partial charge < -0.3 is 15.3 Å².